The smallest absolute Gasteiger partial charge is 0.224 e. The molecule has 1 aromatic carbocycles. The molecule has 0 spiro atoms. The van der Waals surface area contributed by atoms with Crippen LogP contribution in [0.25, 0.3) is 0 Å². The van der Waals surface area contributed by atoms with Crippen molar-refractivity contribution in [3.63, 3.8) is 0 Å². The molecule has 3 atom stereocenters. The maximum Gasteiger partial charge on any atom is 0.224 e. The van der Waals surface area contributed by atoms with E-state index in [2.05, 4.69) is 10.3 Å². The Hall–Kier alpha value is -1.87. The predicted octanol–water partition coefficient (Wildman–Crippen LogP) is 3.72. The standard InChI is InChI=1S/C17H17ClN2O/c1-11(13-4-2-3-5-16(13)18)20-17(21)15-10-14(15)12-6-8-19-9-7-12/h2-9,11,14-15H,10H2,1H3,(H,20,21)/t11-,14+,15+/m0/s1. The van der Waals surface area contributed by atoms with Crippen LogP contribution in [0.1, 0.15) is 36.4 Å². The third kappa shape index (κ3) is 3.08. The van der Waals surface area contributed by atoms with Crippen molar-refractivity contribution in [3.8, 4) is 0 Å². The molecular formula is C17H17ClN2O. The number of hydrogen-bond donors (Lipinski definition) is 1. The fourth-order valence-electron chi connectivity index (χ4n) is 2.69. The Morgan fingerprint density at radius 1 is 1.29 bits per heavy atom. The van der Waals surface area contributed by atoms with E-state index in [0.717, 1.165) is 12.0 Å². The number of halogens is 1. The van der Waals surface area contributed by atoms with Gasteiger partial charge in [0, 0.05) is 23.3 Å². The Balaban J connectivity index is 1.62. The molecule has 0 saturated heterocycles. The fourth-order valence-corrected chi connectivity index (χ4v) is 2.99. The minimum atomic E-state index is -0.0788. The molecule has 1 aliphatic rings. The van der Waals surface area contributed by atoms with Crippen LogP contribution >= 0.6 is 11.6 Å². The van der Waals surface area contributed by atoms with Gasteiger partial charge in [0.15, 0.2) is 0 Å². The third-order valence-corrected chi connectivity index (χ3v) is 4.34. The van der Waals surface area contributed by atoms with Gasteiger partial charge >= 0.3 is 0 Å². The van der Waals surface area contributed by atoms with E-state index in [4.69, 9.17) is 11.6 Å². The molecule has 1 aromatic heterocycles. The summed E-state index contributed by atoms with van der Waals surface area (Å²) in [6, 6.07) is 11.5. The monoisotopic (exact) mass is 300 g/mol. The normalized spacial score (nSPS) is 21.6. The van der Waals surface area contributed by atoms with Crippen LogP contribution in [0.2, 0.25) is 5.02 Å². The molecule has 1 saturated carbocycles. The van der Waals surface area contributed by atoms with Crippen LogP contribution in [0.15, 0.2) is 48.8 Å². The first kappa shape index (κ1) is 14.1. The van der Waals surface area contributed by atoms with Gasteiger partial charge in [-0.1, -0.05) is 29.8 Å². The highest BCUT2D eigenvalue weighted by atomic mass is 35.5. The van der Waals surface area contributed by atoms with E-state index in [1.165, 1.54) is 5.56 Å². The number of carbonyl (C=O) groups excluding carboxylic acids is 1. The van der Waals surface area contributed by atoms with Crippen molar-refractivity contribution in [2.75, 3.05) is 0 Å². The highest BCUT2D eigenvalue weighted by molar-refractivity contribution is 6.31. The minimum absolute atomic E-state index is 0.0670. The second-order valence-electron chi connectivity index (χ2n) is 5.48. The molecule has 3 nitrogen and oxygen atoms in total. The van der Waals surface area contributed by atoms with Crippen molar-refractivity contribution >= 4 is 17.5 Å². The topological polar surface area (TPSA) is 42.0 Å². The summed E-state index contributed by atoms with van der Waals surface area (Å²) in [5, 5.41) is 3.75. The molecule has 2 aromatic rings. The van der Waals surface area contributed by atoms with E-state index in [9.17, 15) is 4.79 Å². The van der Waals surface area contributed by atoms with Gasteiger partial charge in [-0.25, -0.2) is 0 Å². The number of aromatic nitrogens is 1. The molecule has 108 valence electrons. The zero-order chi connectivity index (χ0) is 14.8. The molecule has 0 unspecified atom stereocenters. The molecule has 3 rings (SSSR count). The van der Waals surface area contributed by atoms with Crippen molar-refractivity contribution in [1.82, 2.24) is 10.3 Å². The minimum Gasteiger partial charge on any atom is -0.349 e. The van der Waals surface area contributed by atoms with Crippen molar-refractivity contribution in [2.45, 2.75) is 25.3 Å². The summed E-state index contributed by atoms with van der Waals surface area (Å²) in [6.45, 7) is 1.96. The van der Waals surface area contributed by atoms with E-state index >= 15 is 0 Å². The van der Waals surface area contributed by atoms with Crippen LogP contribution in [-0.4, -0.2) is 10.9 Å². The van der Waals surface area contributed by atoms with Gasteiger partial charge in [-0.3, -0.25) is 9.78 Å². The van der Waals surface area contributed by atoms with Gasteiger partial charge in [-0.05, 0) is 48.6 Å². The summed E-state index contributed by atoms with van der Waals surface area (Å²) in [5.41, 5.74) is 2.14. The molecule has 0 radical (unpaired) electrons. The lowest BCUT2D eigenvalue weighted by Crippen LogP contribution is -2.28. The van der Waals surface area contributed by atoms with Crippen LogP contribution < -0.4 is 5.32 Å². The first-order valence-electron chi connectivity index (χ1n) is 7.11. The Bertz CT molecular complexity index is 644. The Kier molecular flexibility index (Phi) is 3.93. The summed E-state index contributed by atoms with van der Waals surface area (Å²) in [6.07, 6.45) is 4.45. The zero-order valence-corrected chi connectivity index (χ0v) is 12.5. The van der Waals surface area contributed by atoms with E-state index in [-0.39, 0.29) is 17.9 Å². The summed E-state index contributed by atoms with van der Waals surface area (Å²) in [4.78, 5) is 16.3. The molecule has 0 aliphatic heterocycles. The first-order chi connectivity index (χ1) is 10.2. The van der Waals surface area contributed by atoms with Crippen LogP contribution in [-0.2, 0) is 4.79 Å². The number of nitrogens with one attached hydrogen (secondary N) is 1. The predicted molar refractivity (Wildman–Crippen MR) is 83.1 cm³/mol. The quantitative estimate of drug-likeness (QED) is 0.935. The van der Waals surface area contributed by atoms with Gasteiger partial charge in [0.05, 0.1) is 6.04 Å². The molecule has 4 heteroatoms. The Labute approximate surface area is 129 Å². The number of pyridine rings is 1. The second kappa shape index (κ2) is 5.86. The zero-order valence-electron chi connectivity index (χ0n) is 11.8. The van der Waals surface area contributed by atoms with Crippen LogP contribution in [0.4, 0.5) is 0 Å². The Morgan fingerprint density at radius 2 is 2.00 bits per heavy atom. The molecule has 21 heavy (non-hydrogen) atoms. The lowest BCUT2D eigenvalue weighted by atomic mass is 10.1. The van der Waals surface area contributed by atoms with E-state index < -0.39 is 0 Å². The second-order valence-corrected chi connectivity index (χ2v) is 5.89. The average molecular weight is 301 g/mol. The van der Waals surface area contributed by atoms with Crippen molar-refractivity contribution in [2.24, 2.45) is 5.92 Å². The first-order valence-corrected chi connectivity index (χ1v) is 7.49. The SMILES string of the molecule is C[C@H](NC(=O)[C@@H]1C[C@@H]1c1ccncc1)c1ccccc1Cl. The number of rotatable bonds is 4. The van der Waals surface area contributed by atoms with Crippen molar-refractivity contribution in [3.05, 3.63) is 64.9 Å². The summed E-state index contributed by atoms with van der Waals surface area (Å²) in [7, 11) is 0. The number of benzene rings is 1. The molecule has 1 heterocycles. The maximum atomic E-state index is 12.3. The van der Waals surface area contributed by atoms with Gasteiger partial charge < -0.3 is 5.32 Å². The average Bonchev–Trinajstić information content (AvgIpc) is 3.29. The third-order valence-electron chi connectivity index (χ3n) is 3.99. The largest absolute Gasteiger partial charge is 0.349 e. The number of hydrogen-bond acceptors (Lipinski definition) is 2. The number of nitrogens with zero attached hydrogens (tertiary/aromatic N) is 1. The van der Waals surface area contributed by atoms with Crippen LogP contribution in [0.3, 0.4) is 0 Å². The number of carbonyl (C=O) groups is 1. The molecule has 1 aliphatic carbocycles. The summed E-state index contributed by atoms with van der Waals surface area (Å²) in [5.74, 6) is 0.494. The van der Waals surface area contributed by atoms with Gasteiger partial charge in [-0.2, -0.15) is 0 Å². The Morgan fingerprint density at radius 3 is 2.71 bits per heavy atom. The molecule has 1 amide bonds. The highest BCUT2D eigenvalue weighted by Gasteiger charge is 2.44. The molecule has 1 N–H and O–H groups in total. The van der Waals surface area contributed by atoms with Gasteiger partial charge in [0.2, 0.25) is 5.91 Å². The van der Waals surface area contributed by atoms with Crippen LogP contribution in [0.5, 0.6) is 0 Å². The van der Waals surface area contributed by atoms with Gasteiger partial charge in [0.1, 0.15) is 0 Å². The highest BCUT2D eigenvalue weighted by Crippen LogP contribution is 2.47. The van der Waals surface area contributed by atoms with Gasteiger partial charge in [0.25, 0.3) is 0 Å². The lowest BCUT2D eigenvalue weighted by Gasteiger charge is -2.15. The van der Waals surface area contributed by atoms with Crippen molar-refractivity contribution < 1.29 is 4.79 Å². The van der Waals surface area contributed by atoms with E-state index in [1.54, 1.807) is 12.4 Å². The molecule has 1 fully saturated rings. The van der Waals surface area contributed by atoms with Crippen LogP contribution in [0, 0.1) is 5.92 Å². The molecular weight excluding hydrogens is 284 g/mol. The van der Waals surface area contributed by atoms with Crippen molar-refractivity contribution in [1.29, 1.82) is 0 Å². The summed E-state index contributed by atoms with van der Waals surface area (Å²) < 4.78 is 0. The summed E-state index contributed by atoms with van der Waals surface area (Å²) >= 11 is 6.16. The van der Waals surface area contributed by atoms with Gasteiger partial charge in [-0.15, -0.1) is 0 Å². The maximum absolute atomic E-state index is 12.3. The number of amides is 1. The fraction of sp³-hybridized carbons (Fsp3) is 0.294. The lowest BCUT2D eigenvalue weighted by molar-refractivity contribution is -0.123. The van der Waals surface area contributed by atoms with E-state index in [0.29, 0.717) is 10.9 Å². The van der Waals surface area contributed by atoms with E-state index in [1.807, 2.05) is 43.3 Å². The molecule has 0 bridgehead atoms.